The van der Waals surface area contributed by atoms with Crippen LogP contribution in [-0.2, 0) is 4.79 Å². The molecule has 196 valence electrons. The van der Waals surface area contributed by atoms with Gasteiger partial charge in [0, 0.05) is 28.7 Å². The zero-order valence-electron chi connectivity index (χ0n) is 21.3. The van der Waals surface area contributed by atoms with Crippen LogP contribution in [0.25, 0.3) is 17.0 Å². The van der Waals surface area contributed by atoms with Crippen LogP contribution in [0.15, 0.2) is 65.2 Å². The van der Waals surface area contributed by atoms with Gasteiger partial charge in [0.05, 0.1) is 38.8 Å². The van der Waals surface area contributed by atoms with Crippen molar-refractivity contribution in [2.45, 2.75) is 12.3 Å². The third kappa shape index (κ3) is 3.99. The van der Waals surface area contributed by atoms with Crippen molar-refractivity contribution in [3.63, 3.8) is 0 Å². The first-order valence-electron chi connectivity index (χ1n) is 12.2. The number of benzene rings is 3. The molecule has 0 radical (unpaired) electrons. The molecule has 9 nitrogen and oxygen atoms in total. The summed E-state index contributed by atoms with van der Waals surface area (Å²) in [5.74, 6) is 0.630. The van der Waals surface area contributed by atoms with Gasteiger partial charge >= 0.3 is 5.97 Å². The summed E-state index contributed by atoms with van der Waals surface area (Å²) in [5, 5.41) is 0.765. The topological polar surface area (TPSA) is 113 Å². The number of hydrogen-bond donors (Lipinski definition) is 1. The summed E-state index contributed by atoms with van der Waals surface area (Å²) in [6, 6.07) is 15.5. The van der Waals surface area contributed by atoms with Crippen LogP contribution in [0.1, 0.15) is 39.4 Å². The Morgan fingerprint density at radius 2 is 1.77 bits per heavy atom. The molecule has 6 rings (SSSR count). The van der Waals surface area contributed by atoms with Gasteiger partial charge < -0.3 is 28.7 Å². The van der Waals surface area contributed by atoms with E-state index >= 15 is 0 Å². The van der Waals surface area contributed by atoms with Crippen molar-refractivity contribution >= 4 is 28.7 Å². The molecule has 4 aromatic rings. The minimum atomic E-state index is -0.690. The summed E-state index contributed by atoms with van der Waals surface area (Å²) in [6.45, 7) is 0. The van der Waals surface area contributed by atoms with Gasteiger partial charge in [-0.1, -0.05) is 12.1 Å². The molecule has 0 saturated carbocycles. The van der Waals surface area contributed by atoms with Crippen molar-refractivity contribution in [2.75, 3.05) is 21.3 Å². The Bertz CT molecular complexity index is 1770. The minimum Gasteiger partial charge on any atom is -0.497 e. The molecule has 3 aromatic carbocycles. The highest BCUT2D eigenvalue weighted by molar-refractivity contribution is 6.15. The third-order valence-corrected chi connectivity index (χ3v) is 6.96. The van der Waals surface area contributed by atoms with E-state index in [1.165, 1.54) is 14.2 Å². The number of carbonyl (C=O) groups excluding carboxylic acids is 2. The first kappa shape index (κ1) is 24.3. The van der Waals surface area contributed by atoms with Crippen LogP contribution in [0, 0.1) is 0 Å². The van der Waals surface area contributed by atoms with Crippen LogP contribution in [0.2, 0.25) is 0 Å². The number of ketones is 1. The molecule has 2 aliphatic heterocycles. The van der Waals surface area contributed by atoms with Gasteiger partial charge in [0.25, 0.3) is 5.56 Å². The van der Waals surface area contributed by atoms with E-state index < -0.39 is 11.9 Å². The van der Waals surface area contributed by atoms with Gasteiger partial charge in [-0.3, -0.25) is 14.4 Å². The average Bonchev–Trinajstić information content (AvgIpc) is 3.26. The first-order valence-corrected chi connectivity index (χ1v) is 12.2. The number of aromatic nitrogens is 1. The van der Waals surface area contributed by atoms with E-state index in [9.17, 15) is 14.4 Å². The van der Waals surface area contributed by atoms with Gasteiger partial charge in [-0.05, 0) is 47.9 Å². The highest BCUT2D eigenvalue weighted by atomic mass is 16.5. The van der Waals surface area contributed by atoms with Crippen LogP contribution in [0.4, 0.5) is 0 Å². The number of carbonyl (C=O) groups is 2. The molecule has 39 heavy (non-hydrogen) atoms. The summed E-state index contributed by atoms with van der Waals surface area (Å²) < 4.78 is 27.8. The maximum absolute atomic E-state index is 13.4. The molecule has 0 saturated heterocycles. The Labute approximate surface area is 222 Å². The second-order valence-corrected chi connectivity index (χ2v) is 9.11. The van der Waals surface area contributed by atoms with E-state index in [4.69, 9.17) is 23.7 Å². The molecule has 3 heterocycles. The molecular weight excluding hydrogens is 502 g/mol. The number of Topliss-reactive ketones (excluding diaryl/α,β-unsaturated/α-hetero) is 1. The van der Waals surface area contributed by atoms with E-state index in [-0.39, 0.29) is 35.0 Å². The average molecular weight is 526 g/mol. The van der Waals surface area contributed by atoms with Crippen molar-refractivity contribution in [1.29, 1.82) is 0 Å². The maximum Gasteiger partial charge on any atom is 0.312 e. The number of H-pyrrole nitrogens is 1. The Balaban J connectivity index is 1.48. The predicted octanol–water partition coefficient (Wildman–Crippen LogP) is 4.61. The number of para-hydroxylation sites is 1. The highest BCUT2D eigenvalue weighted by Gasteiger charge is 2.39. The summed E-state index contributed by atoms with van der Waals surface area (Å²) >= 11 is 0. The largest absolute Gasteiger partial charge is 0.497 e. The van der Waals surface area contributed by atoms with E-state index in [0.29, 0.717) is 45.0 Å². The number of pyridine rings is 1. The number of methoxy groups -OCH3 is 3. The molecule has 2 aliphatic rings. The number of rotatable bonds is 5. The van der Waals surface area contributed by atoms with E-state index in [1.807, 2.05) is 6.07 Å². The van der Waals surface area contributed by atoms with Crippen molar-refractivity contribution in [3.8, 4) is 28.7 Å². The number of aromatic amines is 1. The molecule has 0 aliphatic carbocycles. The number of hydrogen-bond acceptors (Lipinski definition) is 8. The zero-order valence-corrected chi connectivity index (χ0v) is 21.3. The lowest BCUT2D eigenvalue weighted by Gasteiger charge is -2.26. The number of allylic oxidation sites excluding steroid dienone is 1. The lowest BCUT2D eigenvalue weighted by molar-refractivity contribution is -0.135. The lowest BCUT2D eigenvalue weighted by Crippen LogP contribution is -2.26. The molecule has 0 spiro atoms. The van der Waals surface area contributed by atoms with E-state index in [0.717, 1.165) is 5.39 Å². The molecule has 0 amide bonds. The summed E-state index contributed by atoms with van der Waals surface area (Å²) in [7, 11) is 4.59. The number of nitrogens with one attached hydrogen (secondary N) is 1. The van der Waals surface area contributed by atoms with Crippen LogP contribution in [-0.4, -0.2) is 38.1 Å². The van der Waals surface area contributed by atoms with Gasteiger partial charge in [0.2, 0.25) is 5.78 Å². The van der Waals surface area contributed by atoms with E-state index in [2.05, 4.69) is 4.98 Å². The second kappa shape index (κ2) is 9.36. The lowest BCUT2D eigenvalue weighted by atomic mass is 9.85. The fourth-order valence-corrected chi connectivity index (χ4v) is 5.12. The highest BCUT2D eigenvalue weighted by Crippen LogP contribution is 2.49. The van der Waals surface area contributed by atoms with E-state index in [1.54, 1.807) is 61.7 Å². The molecule has 9 heteroatoms. The molecule has 1 atom stereocenters. The second-order valence-electron chi connectivity index (χ2n) is 9.11. The predicted molar refractivity (Wildman–Crippen MR) is 142 cm³/mol. The molecule has 0 fully saturated rings. The summed E-state index contributed by atoms with van der Waals surface area (Å²) in [5.41, 5.74) is 1.98. The summed E-state index contributed by atoms with van der Waals surface area (Å²) in [6.07, 6.45) is 1.49. The van der Waals surface area contributed by atoms with Crippen molar-refractivity contribution in [2.24, 2.45) is 0 Å². The Morgan fingerprint density at radius 3 is 2.54 bits per heavy atom. The van der Waals surface area contributed by atoms with Crippen LogP contribution < -0.4 is 29.2 Å². The van der Waals surface area contributed by atoms with Crippen molar-refractivity contribution in [3.05, 3.63) is 93.0 Å². The normalized spacial score (nSPS) is 16.9. The Morgan fingerprint density at radius 1 is 0.923 bits per heavy atom. The van der Waals surface area contributed by atoms with Crippen LogP contribution in [0.3, 0.4) is 0 Å². The number of esters is 1. The third-order valence-electron chi connectivity index (χ3n) is 6.96. The fourth-order valence-electron chi connectivity index (χ4n) is 5.12. The van der Waals surface area contributed by atoms with Crippen molar-refractivity contribution in [1.82, 2.24) is 4.98 Å². The Kier molecular flexibility index (Phi) is 5.83. The maximum atomic E-state index is 13.4. The SMILES string of the molecule is COc1ccc2cc(C3CC(=O)Oc4ccc5c(c43)OC(=Cc3cccc(OC)c3OC)C5=O)c(=O)[nH]c2c1. The molecule has 1 unspecified atom stereocenters. The van der Waals surface area contributed by atoms with Crippen LogP contribution >= 0.6 is 0 Å². The molecule has 1 aromatic heterocycles. The van der Waals surface area contributed by atoms with Gasteiger partial charge in [-0.25, -0.2) is 0 Å². The van der Waals surface area contributed by atoms with Gasteiger partial charge in [0.1, 0.15) is 17.2 Å². The number of ether oxygens (including phenoxy) is 5. The monoisotopic (exact) mass is 525 g/mol. The van der Waals surface area contributed by atoms with Crippen LogP contribution in [0.5, 0.6) is 28.7 Å². The minimum absolute atomic E-state index is 0.0696. The quantitative estimate of drug-likeness (QED) is 0.228. The molecular formula is C30H23NO8. The van der Waals surface area contributed by atoms with Gasteiger partial charge in [0.15, 0.2) is 17.3 Å². The fraction of sp³-hybridized carbons (Fsp3) is 0.167. The standard InChI is InChI=1S/C30H23NO8/c1-35-17-8-7-15-11-20(30(34)31-21(15)13-17)19-14-25(32)38-22-10-9-18-27(33)24(39-29(18)26(19)22)12-16-5-4-6-23(36-2)28(16)37-3/h4-13,19H,14H2,1-3H3,(H,31,34). The first-order chi connectivity index (χ1) is 18.9. The van der Waals surface area contributed by atoms with Crippen molar-refractivity contribution < 1.29 is 33.3 Å². The Hall–Kier alpha value is -5.05. The summed E-state index contributed by atoms with van der Waals surface area (Å²) in [4.78, 5) is 42.1. The van der Waals surface area contributed by atoms with Gasteiger partial charge in [-0.15, -0.1) is 0 Å². The molecule has 0 bridgehead atoms. The smallest absolute Gasteiger partial charge is 0.312 e. The van der Waals surface area contributed by atoms with Gasteiger partial charge in [-0.2, -0.15) is 0 Å². The number of fused-ring (bicyclic) bond motifs is 4. The molecule has 1 N–H and O–H groups in total. The zero-order chi connectivity index (χ0) is 27.3.